The monoisotopic (exact) mass is 245 g/mol. The van der Waals surface area contributed by atoms with Crippen molar-refractivity contribution in [3.8, 4) is 0 Å². The van der Waals surface area contributed by atoms with Crippen LogP contribution in [0.2, 0.25) is 0 Å². The Balaban J connectivity index is 2.14. The molecule has 0 unspecified atom stereocenters. The van der Waals surface area contributed by atoms with E-state index in [4.69, 9.17) is 5.11 Å². The fourth-order valence-corrected chi connectivity index (χ4v) is 2.99. The van der Waals surface area contributed by atoms with Crippen LogP contribution in [0.3, 0.4) is 0 Å². The molecule has 1 N–H and O–H groups in total. The van der Waals surface area contributed by atoms with Crippen molar-refractivity contribution in [1.82, 2.24) is 14.1 Å². The second-order valence-corrected chi connectivity index (χ2v) is 5.64. The summed E-state index contributed by atoms with van der Waals surface area (Å²) in [4.78, 5) is 10.7. The molecule has 1 saturated heterocycles. The number of aromatic nitrogens is 2. The van der Waals surface area contributed by atoms with Crippen LogP contribution in [0.15, 0.2) is 17.3 Å². The Bertz CT molecular complexity index is 515. The first-order chi connectivity index (χ1) is 7.41. The fraction of sp³-hybridized carbons (Fsp3) is 0.500. The van der Waals surface area contributed by atoms with Crippen molar-refractivity contribution in [2.24, 2.45) is 13.0 Å². The second-order valence-electron chi connectivity index (χ2n) is 3.71. The molecule has 0 aromatic carbocycles. The van der Waals surface area contributed by atoms with E-state index in [1.54, 1.807) is 7.05 Å². The highest BCUT2D eigenvalue weighted by molar-refractivity contribution is 7.89. The molecule has 1 fully saturated rings. The van der Waals surface area contributed by atoms with Crippen molar-refractivity contribution in [3.63, 3.8) is 0 Å². The molecule has 0 aliphatic carbocycles. The van der Waals surface area contributed by atoms with Crippen molar-refractivity contribution in [2.75, 3.05) is 13.1 Å². The van der Waals surface area contributed by atoms with Gasteiger partial charge in [-0.1, -0.05) is 0 Å². The Morgan fingerprint density at radius 3 is 2.62 bits per heavy atom. The average molecular weight is 245 g/mol. The molecule has 1 aliphatic rings. The predicted octanol–water partition coefficient (Wildman–Crippen LogP) is -0.875. The number of hydrogen-bond acceptors (Lipinski definition) is 4. The highest BCUT2D eigenvalue weighted by Gasteiger charge is 2.40. The molecule has 1 aromatic rings. The number of aryl methyl sites for hydroxylation is 1. The lowest BCUT2D eigenvalue weighted by molar-refractivity contribution is -0.145. The van der Waals surface area contributed by atoms with Crippen molar-refractivity contribution >= 4 is 16.0 Å². The Hall–Kier alpha value is -1.41. The van der Waals surface area contributed by atoms with Gasteiger partial charge in [-0.25, -0.2) is 8.42 Å². The maximum Gasteiger partial charge on any atom is 0.309 e. The molecular weight excluding hydrogens is 234 g/mol. The summed E-state index contributed by atoms with van der Waals surface area (Å²) in [6.45, 7) is 0.0686. The first kappa shape index (κ1) is 11.1. The molecule has 0 amide bonds. The molecule has 2 rings (SSSR count). The quantitative estimate of drug-likeness (QED) is 0.747. The molecule has 0 atom stereocenters. The summed E-state index contributed by atoms with van der Waals surface area (Å²) in [5.41, 5.74) is 0. The second kappa shape index (κ2) is 3.56. The Labute approximate surface area is 92.3 Å². The molecule has 8 heteroatoms. The van der Waals surface area contributed by atoms with Crippen LogP contribution in [0.1, 0.15) is 0 Å². The molecular formula is C8H11N3O4S. The largest absolute Gasteiger partial charge is 0.481 e. The topological polar surface area (TPSA) is 92.5 Å². The van der Waals surface area contributed by atoms with Gasteiger partial charge in [-0.2, -0.15) is 9.40 Å². The van der Waals surface area contributed by atoms with Gasteiger partial charge in [-0.15, -0.1) is 0 Å². The highest BCUT2D eigenvalue weighted by Crippen LogP contribution is 2.24. The van der Waals surface area contributed by atoms with Crippen LogP contribution in [0, 0.1) is 5.92 Å². The maximum absolute atomic E-state index is 11.9. The van der Waals surface area contributed by atoms with E-state index < -0.39 is 21.9 Å². The van der Waals surface area contributed by atoms with E-state index in [0.717, 1.165) is 4.31 Å². The van der Waals surface area contributed by atoms with Crippen LogP contribution >= 0.6 is 0 Å². The molecule has 0 bridgehead atoms. The third-order valence-electron chi connectivity index (χ3n) is 2.52. The van der Waals surface area contributed by atoms with Crippen LogP contribution in [0.5, 0.6) is 0 Å². The standard InChI is InChI=1S/C8H11N3O4S/c1-10-5-7(2-9-10)16(14,15)11-3-6(4-11)8(12)13/h2,5-6H,3-4H2,1H3,(H,12,13). The van der Waals surface area contributed by atoms with Gasteiger partial charge in [0.1, 0.15) is 4.90 Å². The third-order valence-corrected chi connectivity index (χ3v) is 4.30. The summed E-state index contributed by atoms with van der Waals surface area (Å²) in [6.07, 6.45) is 2.65. The van der Waals surface area contributed by atoms with Crippen LogP contribution in [-0.2, 0) is 21.9 Å². The lowest BCUT2D eigenvalue weighted by Gasteiger charge is -2.34. The van der Waals surface area contributed by atoms with Crippen molar-refractivity contribution in [1.29, 1.82) is 0 Å². The van der Waals surface area contributed by atoms with Gasteiger partial charge >= 0.3 is 5.97 Å². The van der Waals surface area contributed by atoms with Gasteiger partial charge in [0.05, 0.1) is 12.1 Å². The van der Waals surface area contributed by atoms with Crippen molar-refractivity contribution in [2.45, 2.75) is 4.90 Å². The van der Waals surface area contributed by atoms with E-state index in [9.17, 15) is 13.2 Å². The lowest BCUT2D eigenvalue weighted by Crippen LogP contribution is -2.52. The normalized spacial score (nSPS) is 18.3. The molecule has 16 heavy (non-hydrogen) atoms. The summed E-state index contributed by atoms with van der Waals surface area (Å²) in [5.74, 6) is -1.55. The number of hydrogen-bond donors (Lipinski definition) is 1. The first-order valence-electron chi connectivity index (χ1n) is 4.63. The van der Waals surface area contributed by atoms with E-state index in [-0.39, 0.29) is 18.0 Å². The summed E-state index contributed by atoms with van der Waals surface area (Å²) in [7, 11) is -1.94. The third kappa shape index (κ3) is 1.69. The Morgan fingerprint density at radius 1 is 1.56 bits per heavy atom. The minimum atomic E-state index is -3.56. The molecule has 0 saturated carbocycles. The maximum atomic E-state index is 11.9. The summed E-state index contributed by atoms with van der Waals surface area (Å²) < 4.78 is 26.3. The van der Waals surface area contributed by atoms with Crippen molar-refractivity contribution < 1.29 is 18.3 Å². The van der Waals surface area contributed by atoms with Crippen LogP contribution in [0.4, 0.5) is 0 Å². The van der Waals surface area contributed by atoms with Gasteiger partial charge in [0.2, 0.25) is 10.0 Å². The van der Waals surface area contributed by atoms with Gasteiger partial charge in [-0.05, 0) is 0 Å². The number of carbonyl (C=O) groups is 1. The number of nitrogens with zero attached hydrogens (tertiary/aromatic N) is 3. The molecule has 1 aliphatic heterocycles. The van der Waals surface area contributed by atoms with Gasteiger partial charge in [0.25, 0.3) is 0 Å². The zero-order valence-electron chi connectivity index (χ0n) is 8.57. The number of carboxylic acids is 1. The minimum Gasteiger partial charge on any atom is -0.481 e. The summed E-state index contributed by atoms with van der Waals surface area (Å²) >= 11 is 0. The zero-order valence-corrected chi connectivity index (χ0v) is 9.38. The molecule has 88 valence electrons. The van der Waals surface area contributed by atoms with Gasteiger partial charge in [0, 0.05) is 26.3 Å². The number of carboxylic acid groups (broad SMARTS) is 1. The average Bonchev–Trinajstić information content (AvgIpc) is 2.47. The van der Waals surface area contributed by atoms with Crippen LogP contribution in [0.25, 0.3) is 0 Å². The number of rotatable bonds is 3. The SMILES string of the molecule is Cn1cc(S(=O)(=O)N2CC(C(=O)O)C2)cn1. The van der Waals surface area contributed by atoms with Gasteiger partial charge < -0.3 is 5.11 Å². The Morgan fingerprint density at radius 2 is 2.19 bits per heavy atom. The molecule has 0 spiro atoms. The Kier molecular flexibility index (Phi) is 2.47. The zero-order chi connectivity index (χ0) is 11.9. The summed E-state index contributed by atoms with van der Waals surface area (Å²) in [6, 6.07) is 0. The minimum absolute atomic E-state index is 0.0343. The lowest BCUT2D eigenvalue weighted by atomic mass is 10.0. The van der Waals surface area contributed by atoms with Crippen LogP contribution < -0.4 is 0 Å². The van der Waals surface area contributed by atoms with E-state index >= 15 is 0 Å². The van der Waals surface area contributed by atoms with E-state index in [2.05, 4.69) is 5.10 Å². The fourth-order valence-electron chi connectivity index (χ4n) is 1.47. The summed E-state index contributed by atoms with van der Waals surface area (Å²) in [5, 5.41) is 12.4. The van der Waals surface area contributed by atoms with E-state index in [1.807, 2.05) is 0 Å². The predicted molar refractivity (Wildman–Crippen MR) is 53.1 cm³/mol. The number of sulfonamides is 1. The van der Waals surface area contributed by atoms with Gasteiger partial charge in [0.15, 0.2) is 0 Å². The molecule has 2 heterocycles. The molecule has 0 radical (unpaired) electrons. The van der Waals surface area contributed by atoms with Crippen molar-refractivity contribution in [3.05, 3.63) is 12.4 Å². The van der Waals surface area contributed by atoms with E-state index in [0.29, 0.717) is 0 Å². The van der Waals surface area contributed by atoms with Gasteiger partial charge in [-0.3, -0.25) is 9.48 Å². The highest BCUT2D eigenvalue weighted by atomic mass is 32.2. The van der Waals surface area contributed by atoms with Crippen LogP contribution in [-0.4, -0.2) is 46.7 Å². The first-order valence-corrected chi connectivity index (χ1v) is 6.07. The smallest absolute Gasteiger partial charge is 0.309 e. The molecule has 7 nitrogen and oxygen atoms in total. The molecule has 1 aromatic heterocycles. The van der Waals surface area contributed by atoms with E-state index in [1.165, 1.54) is 17.1 Å². The number of aliphatic carboxylic acids is 1.